The molecule has 0 aromatic heterocycles. The van der Waals surface area contributed by atoms with Gasteiger partial charge in [-0.05, 0) is 52.4 Å². The normalized spacial score (nSPS) is 21.6. The lowest BCUT2D eigenvalue weighted by Gasteiger charge is -2.26. The predicted molar refractivity (Wildman–Crippen MR) is 79.0 cm³/mol. The fraction of sp³-hybridized carbons (Fsp3) is 0.786. The van der Waals surface area contributed by atoms with Crippen molar-refractivity contribution < 1.29 is 24.2 Å². The van der Waals surface area contributed by atoms with Crippen molar-refractivity contribution in [2.45, 2.75) is 52.1 Å². The van der Waals surface area contributed by atoms with Gasteiger partial charge in [-0.1, -0.05) is 0 Å². The van der Waals surface area contributed by atoms with Gasteiger partial charge in [-0.3, -0.25) is 4.79 Å². The van der Waals surface area contributed by atoms with Crippen molar-refractivity contribution in [2.24, 2.45) is 11.8 Å². The molecular weight excluding hydrogens is 290 g/mol. The van der Waals surface area contributed by atoms with E-state index in [1.54, 1.807) is 20.8 Å². The summed E-state index contributed by atoms with van der Waals surface area (Å²) >= 11 is 0. The second-order valence-electron chi connectivity index (χ2n) is 6.52. The average Bonchev–Trinajstić information content (AvgIpc) is 2.41. The molecule has 3 amide bonds. The standard InChI is InChI=1S/C14H25N3O5/c1-14(2,3)22-13(21)17-16-12(20)15-8-9-4-6-10(7-5-9)11(18)19/h9-10H,4-8H2,1-3H3,(H,17,21)(H,18,19)(H2,15,16,20). The van der Waals surface area contributed by atoms with Crippen LogP contribution in [0.15, 0.2) is 0 Å². The molecule has 0 heterocycles. The Labute approximate surface area is 129 Å². The number of rotatable bonds is 3. The first-order valence-electron chi connectivity index (χ1n) is 7.43. The number of hydrogen-bond acceptors (Lipinski definition) is 4. The molecule has 0 aliphatic heterocycles. The van der Waals surface area contributed by atoms with Crippen LogP contribution in [0.3, 0.4) is 0 Å². The van der Waals surface area contributed by atoms with Crippen molar-refractivity contribution in [1.29, 1.82) is 0 Å². The molecule has 1 rings (SSSR count). The summed E-state index contributed by atoms with van der Waals surface area (Å²) in [4.78, 5) is 33.7. The van der Waals surface area contributed by atoms with Gasteiger partial charge in [-0.15, -0.1) is 0 Å². The van der Waals surface area contributed by atoms with Crippen LogP contribution in [0.4, 0.5) is 9.59 Å². The molecule has 0 atom stereocenters. The third-order valence-electron chi connectivity index (χ3n) is 3.42. The smallest absolute Gasteiger partial charge is 0.426 e. The van der Waals surface area contributed by atoms with Gasteiger partial charge in [0.15, 0.2) is 0 Å². The number of urea groups is 1. The van der Waals surface area contributed by atoms with E-state index in [0.29, 0.717) is 19.4 Å². The number of ether oxygens (including phenoxy) is 1. The maximum Gasteiger partial charge on any atom is 0.426 e. The van der Waals surface area contributed by atoms with E-state index in [0.717, 1.165) is 12.8 Å². The van der Waals surface area contributed by atoms with Gasteiger partial charge in [0.05, 0.1) is 5.92 Å². The first-order chi connectivity index (χ1) is 10.2. The molecule has 0 unspecified atom stereocenters. The summed E-state index contributed by atoms with van der Waals surface area (Å²) < 4.78 is 4.97. The maximum atomic E-state index is 11.5. The van der Waals surface area contributed by atoms with Crippen LogP contribution in [-0.2, 0) is 9.53 Å². The Bertz CT molecular complexity index is 411. The van der Waals surface area contributed by atoms with E-state index in [9.17, 15) is 14.4 Å². The molecule has 0 radical (unpaired) electrons. The summed E-state index contributed by atoms with van der Waals surface area (Å²) in [5.41, 5.74) is 3.72. The van der Waals surface area contributed by atoms with Crippen molar-refractivity contribution >= 4 is 18.1 Å². The minimum Gasteiger partial charge on any atom is -0.481 e. The highest BCUT2D eigenvalue weighted by atomic mass is 16.6. The molecule has 4 N–H and O–H groups in total. The fourth-order valence-electron chi connectivity index (χ4n) is 2.31. The summed E-state index contributed by atoms with van der Waals surface area (Å²) in [5, 5.41) is 11.6. The van der Waals surface area contributed by atoms with Crippen molar-refractivity contribution in [3.05, 3.63) is 0 Å². The molecule has 0 aromatic carbocycles. The average molecular weight is 315 g/mol. The Morgan fingerprint density at radius 1 is 1.09 bits per heavy atom. The lowest BCUT2D eigenvalue weighted by atomic mass is 9.82. The molecule has 8 heteroatoms. The molecule has 1 saturated carbocycles. The van der Waals surface area contributed by atoms with Crippen LogP contribution in [0, 0.1) is 11.8 Å². The Balaban J connectivity index is 2.16. The first-order valence-corrected chi connectivity index (χ1v) is 7.43. The molecule has 0 bridgehead atoms. The van der Waals surface area contributed by atoms with E-state index >= 15 is 0 Å². The maximum absolute atomic E-state index is 11.5. The molecule has 1 aliphatic rings. The van der Waals surface area contributed by atoms with Gasteiger partial charge in [0, 0.05) is 6.54 Å². The molecule has 22 heavy (non-hydrogen) atoms. The number of hydrazine groups is 1. The molecule has 0 saturated heterocycles. The Hall–Kier alpha value is -1.99. The topological polar surface area (TPSA) is 117 Å². The zero-order valence-electron chi connectivity index (χ0n) is 13.3. The molecule has 126 valence electrons. The minimum atomic E-state index is -0.745. The van der Waals surface area contributed by atoms with Gasteiger partial charge in [0.2, 0.25) is 0 Å². The van der Waals surface area contributed by atoms with Gasteiger partial charge >= 0.3 is 18.1 Å². The van der Waals surface area contributed by atoms with Crippen molar-refractivity contribution in [3.8, 4) is 0 Å². The van der Waals surface area contributed by atoms with E-state index in [1.807, 2.05) is 0 Å². The lowest BCUT2D eigenvalue weighted by Crippen LogP contribution is -2.49. The van der Waals surface area contributed by atoms with Gasteiger partial charge < -0.3 is 15.2 Å². The van der Waals surface area contributed by atoms with Crippen molar-refractivity contribution in [1.82, 2.24) is 16.2 Å². The molecule has 1 fully saturated rings. The van der Waals surface area contributed by atoms with Gasteiger partial charge in [0.25, 0.3) is 0 Å². The zero-order chi connectivity index (χ0) is 16.8. The summed E-state index contributed by atoms with van der Waals surface area (Å²) in [6.07, 6.45) is 2.09. The predicted octanol–water partition coefficient (Wildman–Crippen LogP) is 1.62. The third kappa shape index (κ3) is 7.14. The molecular formula is C14H25N3O5. The highest BCUT2D eigenvalue weighted by molar-refractivity contribution is 5.77. The fourth-order valence-corrected chi connectivity index (χ4v) is 2.31. The van der Waals surface area contributed by atoms with E-state index in [2.05, 4.69) is 16.2 Å². The largest absolute Gasteiger partial charge is 0.481 e. The number of nitrogens with one attached hydrogen (secondary N) is 3. The van der Waals surface area contributed by atoms with Gasteiger partial charge in [0.1, 0.15) is 5.60 Å². The highest BCUT2D eigenvalue weighted by Crippen LogP contribution is 2.28. The molecule has 0 aromatic rings. The zero-order valence-corrected chi connectivity index (χ0v) is 13.3. The second kappa shape index (κ2) is 7.86. The highest BCUT2D eigenvalue weighted by Gasteiger charge is 2.26. The quantitative estimate of drug-likeness (QED) is 0.590. The Morgan fingerprint density at radius 3 is 2.18 bits per heavy atom. The van der Waals surface area contributed by atoms with E-state index in [4.69, 9.17) is 9.84 Å². The van der Waals surface area contributed by atoms with Crippen LogP contribution in [0.5, 0.6) is 0 Å². The number of carboxylic acid groups (broad SMARTS) is 1. The monoisotopic (exact) mass is 315 g/mol. The van der Waals surface area contributed by atoms with Crippen LogP contribution in [0.1, 0.15) is 46.5 Å². The second-order valence-corrected chi connectivity index (χ2v) is 6.52. The lowest BCUT2D eigenvalue weighted by molar-refractivity contribution is -0.143. The summed E-state index contributed by atoms with van der Waals surface area (Å²) in [6.45, 7) is 5.62. The van der Waals surface area contributed by atoms with Gasteiger partial charge in [-0.25, -0.2) is 20.4 Å². The molecule has 0 spiro atoms. The number of carbonyl (C=O) groups excluding carboxylic acids is 2. The van der Waals surface area contributed by atoms with Crippen LogP contribution in [0.25, 0.3) is 0 Å². The van der Waals surface area contributed by atoms with Crippen LogP contribution >= 0.6 is 0 Å². The summed E-state index contributed by atoms with van der Waals surface area (Å²) in [5.74, 6) is -0.743. The number of carbonyl (C=O) groups is 3. The van der Waals surface area contributed by atoms with E-state index < -0.39 is 23.7 Å². The van der Waals surface area contributed by atoms with Gasteiger partial charge in [-0.2, -0.15) is 0 Å². The van der Waals surface area contributed by atoms with E-state index in [1.165, 1.54) is 0 Å². The SMILES string of the molecule is CC(C)(C)OC(=O)NNC(=O)NCC1CCC(C(=O)O)CC1. The van der Waals surface area contributed by atoms with Crippen LogP contribution in [-0.4, -0.2) is 35.3 Å². The summed E-state index contributed by atoms with van der Waals surface area (Å²) in [7, 11) is 0. The Kier molecular flexibility index (Phi) is 6.45. The minimum absolute atomic E-state index is 0.265. The number of amides is 3. The number of aliphatic carboxylic acids is 1. The van der Waals surface area contributed by atoms with E-state index in [-0.39, 0.29) is 11.8 Å². The number of hydrogen-bond donors (Lipinski definition) is 4. The summed E-state index contributed by atoms with van der Waals surface area (Å²) in [6, 6.07) is -0.522. The van der Waals surface area contributed by atoms with Crippen LogP contribution in [0.2, 0.25) is 0 Å². The Morgan fingerprint density at radius 2 is 1.68 bits per heavy atom. The first kappa shape index (κ1) is 18.1. The third-order valence-corrected chi connectivity index (χ3v) is 3.42. The van der Waals surface area contributed by atoms with Crippen molar-refractivity contribution in [3.63, 3.8) is 0 Å². The van der Waals surface area contributed by atoms with Crippen molar-refractivity contribution in [2.75, 3.05) is 6.54 Å². The molecule has 1 aliphatic carbocycles. The van der Waals surface area contributed by atoms with Crippen LogP contribution < -0.4 is 16.2 Å². The number of carboxylic acids is 1. The molecule has 8 nitrogen and oxygen atoms in total.